The van der Waals surface area contributed by atoms with Crippen molar-refractivity contribution >= 4 is 23.4 Å². The van der Waals surface area contributed by atoms with Crippen LogP contribution in [-0.2, 0) is 0 Å². The van der Waals surface area contributed by atoms with Gasteiger partial charge >= 0.3 is 0 Å². The van der Waals surface area contributed by atoms with Crippen molar-refractivity contribution in [1.82, 2.24) is 10.1 Å². The molecule has 138 valence electrons. The van der Waals surface area contributed by atoms with Crippen molar-refractivity contribution < 1.29 is 14.0 Å². The van der Waals surface area contributed by atoms with Crippen LogP contribution < -0.4 is 0 Å². The van der Waals surface area contributed by atoms with Crippen LogP contribution in [0.2, 0.25) is 0 Å². The van der Waals surface area contributed by atoms with Crippen LogP contribution in [0.5, 0.6) is 0 Å². The summed E-state index contributed by atoms with van der Waals surface area (Å²) >= 11 is 0. The van der Waals surface area contributed by atoms with E-state index in [1.165, 1.54) is 12.1 Å². The summed E-state index contributed by atoms with van der Waals surface area (Å²) in [5, 5.41) is 16.0. The van der Waals surface area contributed by atoms with Crippen molar-refractivity contribution in [3.63, 3.8) is 0 Å². The van der Waals surface area contributed by atoms with Crippen LogP contribution in [0.1, 0.15) is 57.1 Å². The maximum Gasteiger partial charge on any atom is 0.170 e. The molecule has 1 aliphatic carbocycles. The van der Waals surface area contributed by atoms with Gasteiger partial charge in [-0.1, -0.05) is 12.1 Å². The number of rotatable bonds is 3. The van der Waals surface area contributed by atoms with Crippen LogP contribution in [0.4, 0.5) is 4.39 Å². The number of piperidine rings is 1. The summed E-state index contributed by atoms with van der Waals surface area (Å²) in [6.45, 7) is 4.05. The topological polar surface area (TPSA) is 49.5 Å². The van der Waals surface area contributed by atoms with Crippen molar-refractivity contribution in [2.75, 3.05) is 13.1 Å². The minimum absolute atomic E-state index is 0. The minimum Gasteiger partial charge on any atom is -0.388 e. The Labute approximate surface area is 153 Å². The highest BCUT2D eigenvalue weighted by Crippen LogP contribution is 2.40. The minimum atomic E-state index is -0.509. The lowest BCUT2D eigenvalue weighted by molar-refractivity contribution is -0.0377. The predicted octanol–water partition coefficient (Wildman–Crippen LogP) is 4.26. The lowest BCUT2D eigenvalue weighted by atomic mass is 9.87. The van der Waals surface area contributed by atoms with Gasteiger partial charge in [0.25, 0.3) is 0 Å². The SMILES string of the molecule is CCC1(O)CCCC1N1CCC(c2noc3cc(F)ccc23)CC1.Cl. The molecular weight excluding hydrogens is 343 g/mol. The molecule has 1 saturated carbocycles. The van der Waals surface area contributed by atoms with Gasteiger partial charge < -0.3 is 9.63 Å². The summed E-state index contributed by atoms with van der Waals surface area (Å²) < 4.78 is 18.6. The molecule has 2 aromatic rings. The molecule has 1 aromatic carbocycles. The van der Waals surface area contributed by atoms with Gasteiger partial charge in [0.05, 0.1) is 11.3 Å². The molecule has 1 saturated heterocycles. The Balaban J connectivity index is 0.00000182. The molecule has 6 heteroatoms. The van der Waals surface area contributed by atoms with E-state index in [-0.39, 0.29) is 18.2 Å². The third kappa shape index (κ3) is 3.29. The Morgan fingerprint density at radius 3 is 2.80 bits per heavy atom. The number of nitrogens with zero attached hydrogens (tertiary/aromatic N) is 2. The fraction of sp³-hybridized carbons (Fsp3) is 0.632. The average Bonchev–Trinajstić information content (AvgIpc) is 3.19. The standard InChI is InChI=1S/C19H25FN2O2.ClH/c1-2-19(23)9-3-4-17(19)22-10-7-13(8-11-22)18-15-6-5-14(20)12-16(15)24-21-18;/h5-6,12-13,17,23H,2-4,7-11H2,1H3;1H. The molecular formula is C19H26ClFN2O2. The molecule has 2 heterocycles. The molecule has 25 heavy (non-hydrogen) atoms. The molecule has 2 unspecified atom stereocenters. The molecule has 2 fully saturated rings. The first-order chi connectivity index (χ1) is 11.6. The third-order valence-electron chi connectivity index (χ3n) is 6.14. The molecule has 0 spiro atoms. The van der Waals surface area contributed by atoms with Crippen molar-refractivity contribution in [2.24, 2.45) is 0 Å². The van der Waals surface area contributed by atoms with Gasteiger partial charge in [-0.25, -0.2) is 4.39 Å². The Morgan fingerprint density at radius 1 is 1.32 bits per heavy atom. The van der Waals surface area contributed by atoms with Gasteiger partial charge in [0.15, 0.2) is 5.58 Å². The van der Waals surface area contributed by atoms with Crippen LogP contribution in [-0.4, -0.2) is 39.9 Å². The van der Waals surface area contributed by atoms with Crippen molar-refractivity contribution in [2.45, 2.75) is 63.0 Å². The normalized spacial score (nSPS) is 28.4. The maximum atomic E-state index is 13.3. The van der Waals surface area contributed by atoms with Crippen LogP contribution in [0.25, 0.3) is 11.0 Å². The van der Waals surface area contributed by atoms with Gasteiger partial charge in [-0.2, -0.15) is 0 Å². The van der Waals surface area contributed by atoms with Crippen LogP contribution in [0.3, 0.4) is 0 Å². The first-order valence-corrected chi connectivity index (χ1v) is 9.12. The lowest BCUT2D eigenvalue weighted by Crippen LogP contribution is -2.51. The Bertz CT molecular complexity index is 729. The summed E-state index contributed by atoms with van der Waals surface area (Å²) in [6.07, 6.45) is 5.99. The number of hydrogen-bond donors (Lipinski definition) is 1. The summed E-state index contributed by atoms with van der Waals surface area (Å²) in [5.41, 5.74) is 0.982. The Morgan fingerprint density at radius 2 is 2.08 bits per heavy atom. The maximum absolute atomic E-state index is 13.3. The van der Waals surface area contributed by atoms with E-state index in [1.54, 1.807) is 6.07 Å². The molecule has 4 rings (SSSR count). The number of benzene rings is 1. The second kappa shape index (κ2) is 7.22. The Kier molecular flexibility index (Phi) is 5.37. The average molecular weight is 369 g/mol. The number of aromatic nitrogens is 1. The van der Waals surface area contributed by atoms with Gasteiger partial charge in [0.2, 0.25) is 0 Å². The molecule has 1 aromatic heterocycles. The molecule has 0 amide bonds. The molecule has 4 nitrogen and oxygen atoms in total. The van der Waals surface area contributed by atoms with E-state index in [0.29, 0.717) is 17.5 Å². The van der Waals surface area contributed by atoms with E-state index >= 15 is 0 Å². The van der Waals surface area contributed by atoms with E-state index in [1.807, 2.05) is 0 Å². The quantitative estimate of drug-likeness (QED) is 0.879. The molecule has 1 N–H and O–H groups in total. The monoisotopic (exact) mass is 368 g/mol. The predicted molar refractivity (Wildman–Crippen MR) is 97.6 cm³/mol. The number of aliphatic hydroxyl groups is 1. The largest absolute Gasteiger partial charge is 0.388 e. The van der Waals surface area contributed by atoms with E-state index in [0.717, 1.165) is 62.7 Å². The number of halogens is 2. The van der Waals surface area contributed by atoms with Gasteiger partial charge in [-0.15, -0.1) is 12.4 Å². The van der Waals surface area contributed by atoms with Gasteiger partial charge in [0.1, 0.15) is 5.82 Å². The zero-order valence-electron chi connectivity index (χ0n) is 14.6. The lowest BCUT2D eigenvalue weighted by Gasteiger charge is -2.41. The van der Waals surface area contributed by atoms with Crippen LogP contribution in [0, 0.1) is 5.82 Å². The van der Waals surface area contributed by atoms with Crippen LogP contribution >= 0.6 is 12.4 Å². The summed E-state index contributed by atoms with van der Waals surface area (Å²) in [6, 6.07) is 4.95. The van der Waals surface area contributed by atoms with E-state index < -0.39 is 5.60 Å². The first kappa shape index (κ1) is 18.6. The van der Waals surface area contributed by atoms with Gasteiger partial charge in [0, 0.05) is 23.4 Å². The number of likely N-dealkylation sites (tertiary alicyclic amines) is 1. The molecule has 2 atom stereocenters. The van der Waals surface area contributed by atoms with Gasteiger partial charge in [-0.05, 0) is 63.7 Å². The molecule has 1 aliphatic heterocycles. The Hall–Kier alpha value is -1.17. The highest BCUT2D eigenvalue weighted by Gasteiger charge is 2.43. The van der Waals surface area contributed by atoms with E-state index in [2.05, 4.69) is 17.0 Å². The van der Waals surface area contributed by atoms with Crippen molar-refractivity contribution in [1.29, 1.82) is 0 Å². The fourth-order valence-electron chi connectivity index (χ4n) is 4.68. The van der Waals surface area contributed by atoms with Crippen molar-refractivity contribution in [3.05, 3.63) is 29.7 Å². The molecule has 2 aliphatic rings. The van der Waals surface area contributed by atoms with Crippen molar-refractivity contribution in [3.8, 4) is 0 Å². The molecule has 0 bridgehead atoms. The second-order valence-electron chi connectivity index (χ2n) is 7.38. The highest BCUT2D eigenvalue weighted by molar-refractivity contribution is 5.85. The smallest absolute Gasteiger partial charge is 0.170 e. The first-order valence-electron chi connectivity index (χ1n) is 9.12. The zero-order chi connectivity index (χ0) is 16.7. The summed E-state index contributed by atoms with van der Waals surface area (Å²) in [7, 11) is 0. The molecule has 0 radical (unpaired) electrons. The number of hydrogen-bond acceptors (Lipinski definition) is 4. The summed E-state index contributed by atoms with van der Waals surface area (Å²) in [5.74, 6) is 0.0594. The summed E-state index contributed by atoms with van der Waals surface area (Å²) in [4.78, 5) is 2.47. The fourth-order valence-corrected chi connectivity index (χ4v) is 4.68. The zero-order valence-corrected chi connectivity index (χ0v) is 15.4. The highest BCUT2D eigenvalue weighted by atomic mass is 35.5. The van der Waals surface area contributed by atoms with E-state index in [4.69, 9.17) is 4.52 Å². The van der Waals surface area contributed by atoms with E-state index in [9.17, 15) is 9.50 Å². The second-order valence-corrected chi connectivity index (χ2v) is 7.38. The number of fused-ring (bicyclic) bond motifs is 1. The third-order valence-corrected chi connectivity index (χ3v) is 6.14. The van der Waals surface area contributed by atoms with Crippen LogP contribution in [0.15, 0.2) is 22.7 Å². The van der Waals surface area contributed by atoms with Gasteiger partial charge in [-0.3, -0.25) is 4.90 Å².